The highest BCUT2D eigenvalue weighted by atomic mass is 19.2. The maximum atomic E-state index is 13.4. The Kier molecular flexibility index (Phi) is 2.44. The van der Waals surface area contributed by atoms with Gasteiger partial charge in [0.2, 0.25) is 11.3 Å². The second-order valence-corrected chi connectivity index (χ2v) is 3.58. The molecular formula is C10H5F2N5O2. The van der Waals surface area contributed by atoms with Crippen LogP contribution in [0.4, 0.5) is 20.3 Å². The predicted octanol–water partition coefficient (Wildman–Crippen LogP) is 1.33. The third-order valence-corrected chi connectivity index (χ3v) is 2.34. The number of nitrogens with zero attached hydrogens (tertiary/aromatic N) is 3. The van der Waals surface area contributed by atoms with E-state index in [-0.39, 0.29) is 22.8 Å². The van der Waals surface area contributed by atoms with E-state index < -0.39 is 17.2 Å². The molecule has 3 aromatic rings. The summed E-state index contributed by atoms with van der Waals surface area (Å²) in [5, 5.41) is 9.20. The van der Waals surface area contributed by atoms with Gasteiger partial charge in [0.25, 0.3) is 5.56 Å². The van der Waals surface area contributed by atoms with Crippen LogP contribution < -0.4 is 10.9 Å². The van der Waals surface area contributed by atoms with Crippen LogP contribution in [0.1, 0.15) is 0 Å². The summed E-state index contributed by atoms with van der Waals surface area (Å²) in [6, 6.07) is 3.53. The summed E-state index contributed by atoms with van der Waals surface area (Å²) in [7, 11) is 0. The molecule has 0 unspecified atom stereocenters. The Labute approximate surface area is 103 Å². The summed E-state index contributed by atoms with van der Waals surface area (Å²) in [5.41, 5.74) is -0.769. The molecule has 0 fully saturated rings. The van der Waals surface area contributed by atoms with Crippen molar-refractivity contribution in [2.45, 2.75) is 0 Å². The van der Waals surface area contributed by atoms with Crippen molar-refractivity contribution in [3.8, 4) is 0 Å². The van der Waals surface area contributed by atoms with Crippen LogP contribution in [0.25, 0.3) is 11.3 Å². The smallest absolute Gasteiger partial charge is 0.292 e. The summed E-state index contributed by atoms with van der Waals surface area (Å²) in [6.45, 7) is 0. The fourth-order valence-corrected chi connectivity index (χ4v) is 1.47. The zero-order valence-corrected chi connectivity index (χ0v) is 9.15. The van der Waals surface area contributed by atoms with Gasteiger partial charge in [0.15, 0.2) is 17.5 Å². The van der Waals surface area contributed by atoms with Crippen LogP contribution in [-0.4, -0.2) is 20.3 Å². The number of aromatic nitrogens is 4. The summed E-state index contributed by atoms with van der Waals surface area (Å²) < 4.78 is 30.8. The van der Waals surface area contributed by atoms with E-state index in [1.165, 1.54) is 12.1 Å². The standard InChI is InChI=1S/C10H5F2N5O2/c11-4-2-1-3-5(6(4)12)13-9-10(18)15-8-7(14-9)16-19-17-8/h1-3H,(H,13,14,16)(H,15,17,18). The minimum atomic E-state index is -1.11. The molecule has 19 heavy (non-hydrogen) atoms. The molecule has 0 atom stereocenters. The van der Waals surface area contributed by atoms with Crippen LogP contribution in [0.2, 0.25) is 0 Å². The number of anilines is 2. The number of aromatic amines is 1. The number of benzene rings is 1. The molecule has 2 aromatic heterocycles. The summed E-state index contributed by atoms with van der Waals surface area (Å²) in [6.07, 6.45) is 0. The molecule has 0 aliphatic heterocycles. The van der Waals surface area contributed by atoms with Crippen molar-refractivity contribution in [2.75, 3.05) is 5.32 Å². The first-order chi connectivity index (χ1) is 9.15. The van der Waals surface area contributed by atoms with Gasteiger partial charge in [-0.05, 0) is 22.4 Å². The van der Waals surface area contributed by atoms with Gasteiger partial charge in [-0.1, -0.05) is 6.07 Å². The van der Waals surface area contributed by atoms with Gasteiger partial charge in [-0.15, -0.1) is 0 Å². The lowest BCUT2D eigenvalue weighted by molar-refractivity contribution is 0.314. The van der Waals surface area contributed by atoms with Gasteiger partial charge in [-0.25, -0.2) is 13.4 Å². The van der Waals surface area contributed by atoms with Gasteiger partial charge in [-0.2, -0.15) is 4.98 Å². The Hall–Kier alpha value is -2.84. The van der Waals surface area contributed by atoms with Gasteiger partial charge in [0.1, 0.15) is 0 Å². The molecule has 0 radical (unpaired) electrons. The maximum absolute atomic E-state index is 13.4. The average molecular weight is 265 g/mol. The number of hydrogen-bond acceptors (Lipinski definition) is 6. The molecule has 0 amide bonds. The van der Waals surface area contributed by atoms with Crippen LogP contribution in [0, 0.1) is 11.6 Å². The Morgan fingerprint density at radius 3 is 2.95 bits per heavy atom. The van der Waals surface area contributed by atoms with Crippen molar-refractivity contribution in [2.24, 2.45) is 0 Å². The van der Waals surface area contributed by atoms with E-state index in [2.05, 4.69) is 30.2 Å². The Morgan fingerprint density at radius 2 is 2.11 bits per heavy atom. The Morgan fingerprint density at radius 1 is 1.26 bits per heavy atom. The molecular weight excluding hydrogens is 260 g/mol. The zero-order chi connectivity index (χ0) is 13.4. The van der Waals surface area contributed by atoms with Crippen LogP contribution in [-0.2, 0) is 0 Å². The minimum Gasteiger partial charge on any atom is -0.333 e. The van der Waals surface area contributed by atoms with Crippen LogP contribution >= 0.6 is 0 Å². The topological polar surface area (TPSA) is 96.7 Å². The second kappa shape index (κ2) is 4.12. The molecule has 96 valence electrons. The lowest BCUT2D eigenvalue weighted by atomic mass is 10.3. The summed E-state index contributed by atoms with van der Waals surface area (Å²) >= 11 is 0. The Balaban J connectivity index is 2.07. The monoisotopic (exact) mass is 265 g/mol. The van der Waals surface area contributed by atoms with Crippen molar-refractivity contribution in [3.63, 3.8) is 0 Å². The van der Waals surface area contributed by atoms with Gasteiger partial charge in [0, 0.05) is 0 Å². The summed E-state index contributed by atoms with van der Waals surface area (Å²) in [4.78, 5) is 17.7. The highest BCUT2D eigenvalue weighted by Gasteiger charge is 2.12. The van der Waals surface area contributed by atoms with Crippen molar-refractivity contribution in [1.29, 1.82) is 0 Å². The van der Waals surface area contributed by atoms with Crippen molar-refractivity contribution >= 4 is 22.8 Å². The summed E-state index contributed by atoms with van der Waals surface area (Å²) in [5.74, 6) is -2.39. The van der Waals surface area contributed by atoms with Crippen molar-refractivity contribution in [1.82, 2.24) is 20.3 Å². The predicted molar refractivity (Wildman–Crippen MR) is 59.9 cm³/mol. The third-order valence-electron chi connectivity index (χ3n) is 2.34. The molecule has 0 saturated heterocycles. The van der Waals surface area contributed by atoms with E-state index in [9.17, 15) is 13.6 Å². The lowest BCUT2D eigenvalue weighted by Crippen LogP contribution is -2.14. The molecule has 7 nitrogen and oxygen atoms in total. The molecule has 0 bridgehead atoms. The van der Waals surface area contributed by atoms with E-state index in [1.54, 1.807) is 0 Å². The van der Waals surface area contributed by atoms with Gasteiger partial charge < -0.3 is 5.32 Å². The first kappa shape index (κ1) is 11.3. The molecule has 1 aromatic carbocycles. The van der Waals surface area contributed by atoms with E-state index in [1.807, 2.05) is 0 Å². The largest absolute Gasteiger partial charge is 0.333 e. The average Bonchev–Trinajstić information content (AvgIpc) is 2.82. The number of halogens is 2. The third kappa shape index (κ3) is 1.90. The van der Waals surface area contributed by atoms with Gasteiger partial charge in [-0.3, -0.25) is 9.78 Å². The number of fused-ring (bicyclic) bond motifs is 1. The minimum absolute atomic E-state index is 0.0407. The number of H-pyrrole nitrogens is 1. The molecule has 0 spiro atoms. The normalized spacial score (nSPS) is 10.8. The SMILES string of the molecule is O=c1[nH]c2nonc2nc1Nc1cccc(F)c1F. The van der Waals surface area contributed by atoms with E-state index in [4.69, 9.17) is 0 Å². The van der Waals surface area contributed by atoms with Crippen molar-refractivity contribution < 1.29 is 13.4 Å². The zero-order valence-electron chi connectivity index (χ0n) is 9.15. The molecule has 2 N–H and O–H groups in total. The number of hydrogen-bond donors (Lipinski definition) is 2. The van der Waals surface area contributed by atoms with Gasteiger partial charge in [0.05, 0.1) is 5.69 Å². The molecule has 2 heterocycles. The first-order valence-electron chi connectivity index (χ1n) is 5.09. The highest BCUT2D eigenvalue weighted by molar-refractivity contribution is 5.67. The van der Waals surface area contributed by atoms with Crippen LogP contribution in [0.15, 0.2) is 27.6 Å². The van der Waals surface area contributed by atoms with Crippen LogP contribution in [0.3, 0.4) is 0 Å². The van der Waals surface area contributed by atoms with E-state index >= 15 is 0 Å². The molecule has 0 aliphatic rings. The van der Waals surface area contributed by atoms with E-state index in [0.717, 1.165) is 6.07 Å². The fourth-order valence-electron chi connectivity index (χ4n) is 1.47. The Bertz CT molecular complexity index is 813. The lowest BCUT2D eigenvalue weighted by Gasteiger charge is -2.05. The maximum Gasteiger partial charge on any atom is 0.292 e. The fraction of sp³-hybridized carbons (Fsp3) is 0. The van der Waals surface area contributed by atoms with Crippen molar-refractivity contribution in [3.05, 3.63) is 40.2 Å². The van der Waals surface area contributed by atoms with Crippen LogP contribution in [0.5, 0.6) is 0 Å². The highest BCUT2D eigenvalue weighted by Crippen LogP contribution is 2.19. The number of rotatable bonds is 2. The first-order valence-corrected chi connectivity index (χ1v) is 5.09. The van der Waals surface area contributed by atoms with E-state index in [0.29, 0.717) is 0 Å². The molecule has 0 aliphatic carbocycles. The molecule has 9 heteroatoms. The second-order valence-electron chi connectivity index (χ2n) is 3.58. The number of nitrogens with one attached hydrogen (secondary N) is 2. The molecule has 3 rings (SSSR count). The molecule has 0 saturated carbocycles. The quantitative estimate of drug-likeness (QED) is 0.725. The van der Waals surface area contributed by atoms with Gasteiger partial charge >= 0.3 is 0 Å².